The number of hydrogen-bond donors (Lipinski definition) is 0. The van der Waals surface area contributed by atoms with Crippen LogP contribution in [0.2, 0.25) is 0 Å². The minimum Gasteiger partial charge on any atom is -0.368 e. The maximum Gasteiger partial charge on any atom is 0.186 e. The molecule has 6 nitrogen and oxygen atoms in total. The number of unbranched alkanes of at least 4 members (excludes halogenated alkanes) is 5. The zero-order chi connectivity index (χ0) is 38.7. The monoisotopic (exact) mass is 754 g/mol. The van der Waals surface area contributed by atoms with Gasteiger partial charge in [0.1, 0.15) is 30.0 Å². The highest BCUT2D eigenvalue weighted by atomic mass is 16.7. The zero-order valence-corrected chi connectivity index (χ0v) is 32.8. The summed E-state index contributed by atoms with van der Waals surface area (Å²) >= 11 is 0. The smallest absolute Gasteiger partial charge is 0.186 e. The molecule has 1 aliphatic heterocycles. The number of rotatable bonds is 23. The molecule has 6 rings (SSSR count). The van der Waals surface area contributed by atoms with Crippen LogP contribution in [-0.4, -0.2) is 50.5 Å². The first kappa shape index (κ1) is 41.2. The maximum atomic E-state index is 7.38. The van der Waals surface area contributed by atoms with Gasteiger partial charge in [-0.15, -0.1) is 6.58 Å². The lowest BCUT2D eigenvalue weighted by Gasteiger charge is -2.47. The lowest BCUT2D eigenvalue weighted by atomic mass is 9.80. The topological polar surface area (TPSA) is 55.4 Å². The Kier molecular flexibility index (Phi) is 16.5. The summed E-state index contributed by atoms with van der Waals surface area (Å²) in [5, 5.41) is 0. The number of benzene rings is 5. The molecule has 0 unspecified atom stereocenters. The molecule has 1 aliphatic rings. The van der Waals surface area contributed by atoms with Crippen LogP contribution in [0, 0.1) is 0 Å². The predicted octanol–water partition coefficient (Wildman–Crippen LogP) is 10.8. The van der Waals surface area contributed by atoms with Gasteiger partial charge in [0.05, 0.1) is 26.4 Å². The van der Waals surface area contributed by atoms with Gasteiger partial charge in [-0.05, 0) is 34.2 Å². The molecule has 1 heterocycles. The average Bonchev–Trinajstić information content (AvgIpc) is 3.26. The molecule has 0 aliphatic carbocycles. The van der Waals surface area contributed by atoms with Crippen molar-refractivity contribution >= 4 is 0 Å². The van der Waals surface area contributed by atoms with E-state index in [2.05, 4.69) is 111 Å². The zero-order valence-electron chi connectivity index (χ0n) is 32.8. The third kappa shape index (κ3) is 11.1. The molecule has 0 N–H and O–H groups in total. The van der Waals surface area contributed by atoms with E-state index in [1.807, 2.05) is 54.6 Å². The van der Waals surface area contributed by atoms with Gasteiger partial charge < -0.3 is 28.4 Å². The second kappa shape index (κ2) is 22.4. The predicted molar refractivity (Wildman–Crippen MR) is 223 cm³/mol. The molecule has 5 aromatic carbocycles. The van der Waals surface area contributed by atoms with Crippen LogP contribution in [-0.2, 0) is 47.2 Å². The van der Waals surface area contributed by atoms with Crippen LogP contribution >= 0.6 is 0 Å². The highest BCUT2D eigenvalue weighted by Crippen LogP contribution is 2.42. The van der Waals surface area contributed by atoms with Crippen LogP contribution in [0.4, 0.5) is 0 Å². The highest BCUT2D eigenvalue weighted by Gasteiger charge is 2.50. The van der Waals surface area contributed by atoms with Gasteiger partial charge in [-0.3, -0.25) is 0 Å². The molecule has 5 atom stereocenters. The Morgan fingerprint density at radius 3 is 1.50 bits per heavy atom. The second-order valence-corrected chi connectivity index (χ2v) is 14.4. The van der Waals surface area contributed by atoms with Crippen molar-refractivity contribution in [1.29, 1.82) is 0 Å². The molecule has 1 fully saturated rings. The van der Waals surface area contributed by atoms with Crippen LogP contribution in [0.15, 0.2) is 164 Å². The van der Waals surface area contributed by atoms with Gasteiger partial charge in [0.15, 0.2) is 6.29 Å². The first-order valence-electron chi connectivity index (χ1n) is 20.3. The molecular weight excluding hydrogens is 697 g/mol. The Morgan fingerprint density at radius 2 is 1.00 bits per heavy atom. The van der Waals surface area contributed by atoms with Crippen molar-refractivity contribution in [2.45, 2.75) is 95.0 Å². The van der Waals surface area contributed by atoms with Crippen LogP contribution in [0.1, 0.15) is 73.3 Å². The Labute approximate surface area is 334 Å². The van der Waals surface area contributed by atoms with E-state index in [0.29, 0.717) is 26.4 Å². The second-order valence-electron chi connectivity index (χ2n) is 14.4. The summed E-state index contributed by atoms with van der Waals surface area (Å²) in [6.45, 7) is 7.97. The fraction of sp³-hybridized carbons (Fsp3) is 0.360. The van der Waals surface area contributed by atoms with Gasteiger partial charge in [0.2, 0.25) is 0 Å². The highest BCUT2D eigenvalue weighted by molar-refractivity contribution is 5.47. The van der Waals surface area contributed by atoms with Gasteiger partial charge in [-0.2, -0.15) is 0 Å². The quantitative estimate of drug-likeness (QED) is 0.0376. The molecule has 56 heavy (non-hydrogen) atoms. The minimum atomic E-state index is -0.954. The average molecular weight is 755 g/mol. The van der Waals surface area contributed by atoms with Crippen molar-refractivity contribution < 1.29 is 28.4 Å². The Balaban J connectivity index is 1.36. The van der Waals surface area contributed by atoms with Crippen molar-refractivity contribution in [3.8, 4) is 0 Å². The van der Waals surface area contributed by atoms with Crippen LogP contribution in [0.5, 0.6) is 0 Å². The molecule has 5 aromatic rings. The third-order valence-electron chi connectivity index (χ3n) is 10.4. The maximum absolute atomic E-state index is 7.38. The van der Waals surface area contributed by atoms with Crippen molar-refractivity contribution in [3.05, 3.63) is 192 Å². The van der Waals surface area contributed by atoms with Crippen molar-refractivity contribution in [1.82, 2.24) is 0 Å². The van der Waals surface area contributed by atoms with Gasteiger partial charge in [-0.25, -0.2) is 0 Å². The summed E-state index contributed by atoms with van der Waals surface area (Å²) in [4.78, 5) is 0. The van der Waals surface area contributed by atoms with E-state index in [0.717, 1.165) is 40.7 Å². The lowest BCUT2D eigenvalue weighted by Crippen LogP contribution is -2.62. The van der Waals surface area contributed by atoms with Gasteiger partial charge in [0, 0.05) is 6.61 Å². The lowest BCUT2D eigenvalue weighted by molar-refractivity contribution is -0.327. The molecule has 0 spiro atoms. The van der Waals surface area contributed by atoms with Crippen molar-refractivity contribution in [2.24, 2.45) is 0 Å². The van der Waals surface area contributed by atoms with Crippen LogP contribution in [0.3, 0.4) is 0 Å². The largest absolute Gasteiger partial charge is 0.368 e. The van der Waals surface area contributed by atoms with E-state index in [-0.39, 0.29) is 6.61 Å². The standard InChI is InChI=1S/C50H58O6/c1-3-5-6-7-8-24-36-52-49-48(54-38-41-27-16-10-17-28-41)47(51-35-4-2)46(53-37-40-25-14-9-15-26-40)45(56-49)39-55-50(42-29-18-11-19-30-42,43-31-20-12-21-32-43)44-33-22-13-23-34-44/h4,9-23,25-34,45-49H,2-3,5-8,24,35-39H2,1H3/t45-,46-,47+,48+,49-/m1/s1. The Hall–Kier alpha value is -4.40. The first-order valence-corrected chi connectivity index (χ1v) is 20.3. The van der Waals surface area contributed by atoms with E-state index >= 15 is 0 Å². The molecule has 1 saturated heterocycles. The van der Waals surface area contributed by atoms with E-state index < -0.39 is 36.3 Å². The molecule has 294 valence electrons. The fourth-order valence-corrected chi connectivity index (χ4v) is 7.48. The third-order valence-corrected chi connectivity index (χ3v) is 10.4. The van der Waals surface area contributed by atoms with Gasteiger partial charge in [0.25, 0.3) is 0 Å². The molecule has 0 radical (unpaired) electrons. The van der Waals surface area contributed by atoms with E-state index in [1.54, 1.807) is 6.08 Å². The van der Waals surface area contributed by atoms with E-state index in [1.165, 1.54) is 25.7 Å². The number of ether oxygens (including phenoxy) is 6. The summed E-state index contributed by atoms with van der Waals surface area (Å²) in [7, 11) is 0. The van der Waals surface area contributed by atoms with Gasteiger partial charge in [-0.1, -0.05) is 197 Å². The first-order chi connectivity index (χ1) is 27.7. The molecular formula is C50H58O6. The molecule has 0 bridgehead atoms. The molecule has 6 heteroatoms. The molecule has 0 saturated carbocycles. The molecule has 0 aromatic heterocycles. The van der Waals surface area contributed by atoms with Crippen molar-refractivity contribution in [2.75, 3.05) is 19.8 Å². The van der Waals surface area contributed by atoms with Crippen molar-refractivity contribution in [3.63, 3.8) is 0 Å². The minimum absolute atomic E-state index is 0.175. The number of hydrogen-bond acceptors (Lipinski definition) is 6. The Morgan fingerprint density at radius 1 is 0.536 bits per heavy atom. The summed E-state index contributed by atoms with van der Waals surface area (Å²) < 4.78 is 41.4. The normalized spacial score (nSPS) is 19.8. The molecule has 0 amide bonds. The Bertz CT molecular complexity index is 1690. The summed E-state index contributed by atoms with van der Waals surface area (Å²) in [5.41, 5.74) is 4.17. The fourth-order valence-electron chi connectivity index (χ4n) is 7.48. The summed E-state index contributed by atoms with van der Waals surface area (Å²) in [6, 6.07) is 51.6. The van der Waals surface area contributed by atoms with E-state index in [4.69, 9.17) is 28.4 Å². The van der Waals surface area contributed by atoms with E-state index in [9.17, 15) is 0 Å². The van der Waals surface area contributed by atoms with Crippen LogP contribution in [0.25, 0.3) is 0 Å². The SMILES string of the molecule is C=CCO[C@@H]1[C@H](OCc2ccccc2)[C@H](OCCCCCCCC)O[C@H](COC(c2ccccc2)(c2ccccc2)c2ccccc2)[C@H]1OCc1ccccc1. The summed E-state index contributed by atoms with van der Waals surface area (Å²) in [6.07, 6.45) is 5.66. The summed E-state index contributed by atoms with van der Waals surface area (Å²) in [5.74, 6) is 0. The van der Waals surface area contributed by atoms with Crippen LogP contribution < -0.4 is 0 Å². The van der Waals surface area contributed by atoms with Gasteiger partial charge >= 0.3 is 0 Å².